The van der Waals surface area contributed by atoms with Crippen LogP contribution in [0, 0.1) is 0 Å². The molecule has 96 valence electrons. The van der Waals surface area contributed by atoms with Crippen LogP contribution in [0.4, 0.5) is 5.82 Å². The normalized spacial score (nSPS) is 10.8. The van der Waals surface area contributed by atoms with E-state index in [9.17, 15) is 0 Å². The number of benzene rings is 1. The number of anilines is 1. The van der Waals surface area contributed by atoms with E-state index in [4.69, 9.17) is 0 Å². The summed E-state index contributed by atoms with van der Waals surface area (Å²) in [6.45, 7) is 0. The molecule has 2 heterocycles. The highest BCUT2D eigenvalue weighted by Crippen LogP contribution is 2.31. The van der Waals surface area contributed by atoms with Crippen molar-refractivity contribution in [2.24, 2.45) is 0 Å². The number of rotatable bonds is 3. The van der Waals surface area contributed by atoms with Crippen molar-refractivity contribution >= 4 is 39.2 Å². The van der Waals surface area contributed by atoms with Crippen LogP contribution in [0.15, 0.2) is 57.3 Å². The van der Waals surface area contributed by atoms with Gasteiger partial charge in [-0.3, -0.25) is 0 Å². The summed E-state index contributed by atoms with van der Waals surface area (Å²) in [5.74, 6) is 0.822. The minimum atomic E-state index is 0.822. The van der Waals surface area contributed by atoms with Crippen molar-refractivity contribution in [1.82, 2.24) is 14.4 Å². The molecule has 0 fully saturated rings. The van der Waals surface area contributed by atoms with Crippen LogP contribution in [0.1, 0.15) is 0 Å². The molecule has 0 amide bonds. The first-order valence-electron chi connectivity index (χ1n) is 5.71. The van der Waals surface area contributed by atoms with E-state index < -0.39 is 0 Å². The molecule has 0 bridgehead atoms. The molecule has 1 aromatic carbocycles. The minimum absolute atomic E-state index is 0.822. The molecule has 0 saturated carbocycles. The summed E-state index contributed by atoms with van der Waals surface area (Å²) in [5.41, 5.74) is 0.865. The van der Waals surface area contributed by atoms with Crippen molar-refractivity contribution in [1.29, 1.82) is 0 Å². The predicted octanol–water partition coefficient (Wildman–Crippen LogP) is 3.68. The molecule has 0 aliphatic rings. The van der Waals surface area contributed by atoms with Gasteiger partial charge in [0.05, 0.1) is 6.20 Å². The number of hydrogen-bond donors (Lipinski definition) is 1. The van der Waals surface area contributed by atoms with Crippen molar-refractivity contribution in [2.45, 2.75) is 9.92 Å². The summed E-state index contributed by atoms with van der Waals surface area (Å²) in [7, 11) is 1.86. The maximum Gasteiger partial charge on any atom is 0.170 e. The molecule has 0 radical (unpaired) electrons. The van der Waals surface area contributed by atoms with Crippen molar-refractivity contribution in [2.75, 3.05) is 12.4 Å². The number of nitrogens with one attached hydrogen (secondary N) is 1. The van der Waals surface area contributed by atoms with Crippen molar-refractivity contribution < 1.29 is 0 Å². The van der Waals surface area contributed by atoms with Gasteiger partial charge in [0.25, 0.3) is 0 Å². The summed E-state index contributed by atoms with van der Waals surface area (Å²) in [4.78, 5) is 10.0. The van der Waals surface area contributed by atoms with Gasteiger partial charge >= 0.3 is 0 Å². The van der Waals surface area contributed by atoms with E-state index in [1.807, 2.05) is 36.0 Å². The lowest BCUT2D eigenvalue weighted by Crippen LogP contribution is -1.98. The summed E-state index contributed by atoms with van der Waals surface area (Å²) in [6.07, 6.45) is 5.62. The Kier molecular flexibility index (Phi) is 3.44. The SMILES string of the molecule is CNc1cn2ccnc2c(Sc2cccc(Br)c2)n1. The first-order chi connectivity index (χ1) is 9.26. The van der Waals surface area contributed by atoms with Crippen LogP contribution in [-0.4, -0.2) is 21.4 Å². The van der Waals surface area contributed by atoms with E-state index in [0.29, 0.717) is 0 Å². The average Bonchev–Trinajstić information content (AvgIpc) is 2.87. The molecule has 0 aliphatic heterocycles. The maximum atomic E-state index is 4.57. The second-order valence-electron chi connectivity index (χ2n) is 3.90. The van der Waals surface area contributed by atoms with Gasteiger partial charge in [-0.25, -0.2) is 9.97 Å². The first kappa shape index (κ1) is 12.5. The van der Waals surface area contributed by atoms with E-state index in [1.165, 1.54) is 0 Å². The number of aromatic nitrogens is 3. The quantitative estimate of drug-likeness (QED) is 0.793. The maximum absolute atomic E-state index is 4.57. The fourth-order valence-corrected chi connectivity index (χ4v) is 3.23. The fourth-order valence-electron chi connectivity index (χ4n) is 1.73. The Morgan fingerprint density at radius 3 is 3.05 bits per heavy atom. The Hall–Kier alpha value is -1.53. The molecule has 3 rings (SSSR count). The highest BCUT2D eigenvalue weighted by molar-refractivity contribution is 9.10. The lowest BCUT2D eigenvalue weighted by molar-refractivity contribution is 1.03. The van der Waals surface area contributed by atoms with Crippen LogP contribution in [0.3, 0.4) is 0 Å². The van der Waals surface area contributed by atoms with Crippen molar-refractivity contribution in [3.05, 3.63) is 47.3 Å². The van der Waals surface area contributed by atoms with E-state index in [1.54, 1.807) is 18.0 Å². The Labute approximate surface area is 123 Å². The van der Waals surface area contributed by atoms with E-state index in [-0.39, 0.29) is 0 Å². The largest absolute Gasteiger partial charge is 0.372 e. The molecular weight excluding hydrogens is 324 g/mol. The minimum Gasteiger partial charge on any atom is -0.372 e. The standard InChI is InChI=1S/C13H11BrN4S/c1-15-11-8-18-6-5-16-12(18)13(17-11)19-10-4-2-3-9(14)7-10/h2-8,15H,1H3. The molecule has 4 nitrogen and oxygen atoms in total. The number of imidazole rings is 1. The van der Waals surface area contributed by atoms with Gasteiger partial charge < -0.3 is 9.72 Å². The summed E-state index contributed by atoms with van der Waals surface area (Å²) < 4.78 is 3.03. The zero-order chi connectivity index (χ0) is 13.2. The van der Waals surface area contributed by atoms with E-state index in [2.05, 4.69) is 43.3 Å². The van der Waals surface area contributed by atoms with Crippen LogP contribution in [-0.2, 0) is 0 Å². The molecule has 2 aromatic heterocycles. The molecule has 0 saturated heterocycles. The molecule has 0 atom stereocenters. The van der Waals surface area contributed by atoms with Gasteiger partial charge in [0.2, 0.25) is 0 Å². The van der Waals surface area contributed by atoms with E-state index >= 15 is 0 Å². The van der Waals surface area contributed by atoms with Gasteiger partial charge in [0, 0.05) is 28.8 Å². The first-order valence-corrected chi connectivity index (χ1v) is 7.32. The average molecular weight is 335 g/mol. The van der Waals surface area contributed by atoms with Gasteiger partial charge in [0.1, 0.15) is 10.8 Å². The number of hydrogen-bond acceptors (Lipinski definition) is 4. The molecule has 0 spiro atoms. The van der Waals surface area contributed by atoms with Crippen LogP contribution < -0.4 is 5.32 Å². The predicted molar refractivity (Wildman–Crippen MR) is 80.8 cm³/mol. The summed E-state index contributed by atoms with van der Waals surface area (Å²) in [5, 5.41) is 3.95. The van der Waals surface area contributed by atoms with Gasteiger partial charge in [0.15, 0.2) is 5.65 Å². The molecule has 3 aromatic rings. The smallest absolute Gasteiger partial charge is 0.170 e. The van der Waals surface area contributed by atoms with E-state index in [0.717, 1.165) is 25.9 Å². The number of fused-ring (bicyclic) bond motifs is 1. The van der Waals surface area contributed by atoms with Crippen molar-refractivity contribution in [3.8, 4) is 0 Å². The Balaban J connectivity index is 2.06. The van der Waals surface area contributed by atoms with Crippen molar-refractivity contribution in [3.63, 3.8) is 0 Å². The Morgan fingerprint density at radius 1 is 1.37 bits per heavy atom. The lowest BCUT2D eigenvalue weighted by Gasteiger charge is -2.06. The lowest BCUT2D eigenvalue weighted by atomic mass is 10.4. The zero-order valence-corrected chi connectivity index (χ0v) is 12.6. The topological polar surface area (TPSA) is 42.2 Å². The summed E-state index contributed by atoms with van der Waals surface area (Å²) >= 11 is 5.08. The van der Waals surface area contributed by atoms with Crippen LogP contribution in [0.25, 0.3) is 5.65 Å². The second-order valence-corrected chi connectivity index (χ2v) is 5.88. The third-order valence-electron chi connectivity index (χ3n) is 2.61. The van der Waals surface area contributed by atoms with Crippen LogP contribution in [0.2, 0.25) is 0 Å². The van der Waals surface area contributed by atoms with Gasteiger partial charge in [-0.15, -0.1) is 0 Å². The zero-order valence-electron chi connectivity index (χ0n) is 10.2. The highest BCUT2D eigenvalue weighted by atomic mass is 79.9. The number of halogens is 1. The van der Waals surface area contributed by atoms with Gasteiger partial charge in [-0.2, -0.15) is 0 Å². The molecule has 0 aliphatic carbocycles. The summed E-state index contributed by atoms with van der Waals surface area (Å²) in [6, 6.07) is 8.14. The third kappa shape index (κ3) is 2.59. The van der Waals surface area contributed by atoms with Crippen LogP contribution >= 0.6 is 27.7 Å². The third-order valence-corrected chi connectivity index (χ3v) is 4.06. The highest BCUT2D eigenvalue weighted by Gasteiger charge is 2.09. The molecular formula is C13H11BrN4S. The molecule has 6 heteroatoms. The Morgan fingerprint density at radius 2 is 2.26 bits per heavy atom. The fraction of sp³-hybridized carbons (Fsp3) is 0.0769. The molecule has 1 N–H and O–H groups in total. The van der Waals surface area contributed by atoms with Gasteiger partial charge in [-0.1, -0.05) is 33.8 Å². The molecule has 19 heavy (non-hydrogen) atoms. The van der Waals surface area contributed by atoms with Gasteiger partial charge in [-0.05, 0) is 18.2 Å². The Bertz CT molecular complexity index is 725. The monoisotopic (exact) mass is 334 g/mol. The van der Waals surface area contributed by atoms with Crippen LogP contribution in [0.5, 0.6) is 0 Å². The second kappa shape index (κ2) is 5.22. The molecule has 0 unspecified atom stereocenters. The number of nitrogens with zero attached hydrogens (tertiary/aromatic N) is 3.